The van der Waals surface area contributed by atoms with Crippen molar-refractivity contribution >= 4 is 11.9 Å². The lowest BCUT2D eigenvalue weighted by Gasteiger charge is -2.06. The van der Waals surface area contributed by atoms with E-state index in [1.807, 2.05) is 0 Å². The Balaban J connectivity index is 2.90. The molecule has 1 aromatic carbocycles. The van der Waals surface area contributed by atoms with Gasteiger partial charge >= 0.3 is 11.9 Å². The maximum atomic E-state index is 11.2. The minimum absolute atomic E-state index is 0.0334. The van der Waals surface area contributed by atoms with Gasteiger partial charge in [-0.15, -0.1) is 0 Å². The van der Waals surface area contributed by atoms with Gasteiger partial charge in [0.1, 0.15) is 12.4 Å². The van der Waals surface area contributed by atoms with Crippen LogP contribution >= 0.6 is 0 Å². The quantitative estimate of drug-likeness (QED) is 0.782. The molecule has 0 bridgehead atoms. The fraction of sp³-hybridized carbons (Fsp3) is 0.273. The summed E-state index contributed by atoms with van der Waals surface area (Å²) in [4.78, 5) is 21.8. The van der Waals surface area contributed by atoms with Gasteiger partial charge in [-0.05, 0) is 18.2 Å². The summed E-state index contributed by atoms with van der Waals surface area (Å²) in [5, 5.41) is 9.46. The molecule has 0 aromatic heterocycles. The topological polar surface area (TPSA) is 72.8 Å². The van der Waals surface area contributed by atoms with E-state index in [-0.39, 0.29) is 12.4 Å². The predicted molar refractivity (Wildman–Crippen MR) is 54.9 cm³/mol. The molecule has 0 amide bonds. The van der Waals surface area contributed by atoms with E-state index in [1.165, 1.54) is 32.2 Å². The Labute approximate surface area is 92.6 Å². The second-order valence-electron chi connectivity index (χ2n) is 3.12. The molecule has 0 saturated heterocycles. The molecule has 1 N–H and O–H groups in total. The van der Waals surface area contributed by atoms with Crippen molar-refractivity contribution in [2.75, 3.05) is 7.11 Å². The molecule has 0 fully saturated rings. The fourth-order valence-corrected chi connectivity index (χ4v) is 1.13. The Kier molecular flexibility index (Phi) is 3.88. The number of carbonyl (C=O) groups is 2. The van der Waals surface area contributed by atoms with Gasteiger partial charge < -0.3 is 14.6 Å². The van der Waals surface area contributed by atoms with Gasteiger partial charge in [0, 0.05) is 12.5 Å². The molecule has 86 valence electrons. The van der Waals surface area contributed by atoms with E-state index in [2.05, 4.69) is 4.74 Å². The highest BCUT2D eigenvalue weighted by Gasteiger charge is 2.10. The van der Waals surface area contributed by atoms with Crippen LogP contribution in [0.25, 0.3) is 0 Å². The molecule has 0 aliphatic heterocycles. The largest absolute Gasteiger partial charge is 0.508 e. The standard InChI is InChI=1S/C11H12O5/c1-7(12)16-6-9-5-8(11(14)15-2)3-4-10(9)13/h3-5,13H,6H2,1-2H3. The minimum Gasteiger partial charge on any atom is -0.508 e. The van der Waals surface area contributed by atoms with Crippen molar-refractivity contribution < 1.29 is 24.2 Å². The van der Waals surface area contributed by atoms with E-state index in [9.17, 15) is 14.7 Å². The molecule has 0 heterocycles. The second-order valence-corrected chi connectivity index (χ2v) is 3.12. The van der Waals surface area contributed by atoms with Crippen molar-refractivity contribution in [3.63, 3.8) is 0 Å². The maximum absolute atomic E-state index is 11.2. The number of esters is 2. The summed E-state index contributed by atoms with van der Waals surface area (Å²) < 4.78 is 9.25. The number of phenols is 1. The van der Waals surface area contributed by atoms with Crippen LogP contribution in [0.15, 0.2) is 18.2 Å². The van der Waals surface area contributed by atoms with Crippen molar-refractivity contribution in [2.45, 2.75) is 13.5 Å². The molecule has 0 spiro atoms. The van der Waals surface area contributed by atoms with Crippen molar-refractivity contribution in [2.24, 2.45) is 0 Å². The Bertz CT molecular complexity index is 411. The smallest absolute Gasteiger partial charge is 0.337 e. The molecule has 1 rings (SSSR count). The van der Waals surface area contributed by atoms with E-state index in [4.69, 9.17) is 4.74 Å². The number of ether oxygens (including phenoxy) is 2. The van der Waals surface area contributed by atoms with E-state index >= 15 is 0 Å². The molecule has 0 aliphatic rings. The van der Waals surface area contributed by atoms with Gasteiger partial charge in [-0.3, -0.25) is 4.79 Å². The molecular weight excluding hydrogens is 212 g/mol. The molecule has 0 atom stereocenters. The van der Waals surface area contributed by atoms with Crippen LogP contribution in [0, 0.1) is 0 Å². The van der Waals surface area contributed by atoms with Gasteiger partial charge in [-0.1, -0.05) is 0 Å². The summed E-state index contributed by atoms with van der Waals surface area (Å²) in [6, 6.07) is 4.20. The number of phenolic OH excluding ortho intramolecular Hbond substituents is 1. The number of methoxy groups -OCH3 is 1. The number of carbonyl (C=O) groups excluding carboxylic acids is 2. The van der Waals surface area contributed by atoms with Crippen molar-refractivity contribution in [3.05, 3.63) is 29.3 Å². The highest BCUT2D eigenvalue weighted by atomic mass is 16.5. The average molecular weight is 224 g/mol. The van der Waals surface area contributed by atoms with Gasteiger partial charge in [0.2, 0.25) is 0 Å². The Morgan fingerprint density at radius 1 is 1.38 bits per heavy atom. The number of aromatic hydroxyl groups is 1. The predicted octanol–water partition coefficient (Wildman–Crippen LogP) is 1.24. The van der Waals surface area contributed by atoms with Gasteiger partial charge in [-0.2, -0.15) is 0 Å². The maximum Gasteiger partial charge on any atom is 0.337 e. The summed E-state index contributed by atoms with van der Waals surface area (Å²) in [7, 11) is 1.26. The molecule has 5 heteroatoms. The number of hydrogen-bond donors (Lipinski definition) is 1. The lowest BCUT2D eigenvalue weighted by atomic mass is 10.1. The molecular formula is C11H12O5. The summed E-state index contributed by atoms with van der Waals surface area (Å²) in [6.45, 7) is 1.19. The molecule has 5 nitrogen and oxygen atoms in total. The van der Waals surface area contributed by atoms with Crippen molar-refractivity contribution in [1.82, 2.24) is 0 Å². The lowest BCUT2D eigenvalue weighted by molar-refractivity contribution is -0.142. The average Bonchev–Trinajstić information content (AvgIpc) is 2.26. The zero-order valence-corrected chi connectivity index (χ0v) is 9.02. The Morgan fingerprint density at radius 3 is 2.62 bits per heavy atom. The first-order chi connectivity index (χ1) is 7.54. The fourth-order valence-electron chi connectivity index (χ4n) is 1.13. The third-order valence-electron chi connectivity index (χ3n) is 1.93. The van der Waals surface area contributed by atoms with Crippen LogP contribution in [0.1, 0.15) is 22.8 Å². The minimum atomic E-state index is -0.510. The summed E-state index contributed by atoms with van der Waals surface area (Å²) in [5.74, 6) is -0.999. The van der Waals surface area contributed by atoms with Crippen LogP contribution in [-0.4, -0.2) is 24.2 Å². The van der Waals surface area contributed by atoms with Crippen LogP contribution in [0.2, 0.25) is 0 Å². The highest BCUT2D eigenvalue weighted by Crippen LogP contribution is 2.19. The molecule has 0 saturated carbocycles. The van der Waals surface area contributed by atoms with Crippen LogP contribution in [-0.2, 0) is 20.9 Å². The van der Waals surface area contributed by atoms with E-state index in [1.54, 1.807) is 0 Å². The third kappa shape index (κ3) is 2.98. The van der Waals surface area contributed by atoms with Gasteiger partial charge in [-0.25, -0.2) is 4.79 Å². The van der Waals surface area contributed by atoms with Crippen LogP contribution in [0.5, 0.6) is 5.75 Å². The molecule has 0 aliphatic carbocycles. The zero-order valence-electron chi connectivity index (χ0n) is 9.02. The van der Waals surface area contributed by atoms with E-state index in [0.29, 0.717) is 11.1 Å². The first kappa shape index (κ1) is 12.0. The van der Waals surface area contributed by atoms with Gasteiger partial charge in [0.15, 0.2) is 0 Å². The second kappa shape index (κ2) is 5.16. The first-order valence-corrected chi connectivity index (χ1v) is 4.58. The third-order valence-corrected chi connectivity index (χ3v) is 1.93. The number of hydrogen-bond acceptors (Lipinski definition) is 5. The highest BCUT2D eigenvalue weighted by molar-refractivity contribution is 5.89. The molecule has 0 radical (unpaired) electrons. The van der Waals surface area contributed by atoms with Gasteiger partial charge in [0.05, 0.1) is 12.7 Å². The Morgan fingerprint density at radius 2 is 2.06 bits per heavy atom. The monoisotopic (exact) mass is 224 g/mol. The first-order valence-electron chi connectivity index (χ1n) is 4.58. The number of benzene rings is 1. The summed E-state index contributed by atoms with van der Waals surface area (Å²) >= 11 is 0. The molecule has 1 aromatic rings. The normalized spacial score (nSPS) is 9.62. The van der Waals surface area contributed by atoms with Crippen LogP contribution in [0.4, 0.5) is 0 Å². The lowest BCUT2D eigenvalue weighted by Crippen LogP contribution is -2.04. The van der Waals surface area contributed by atoms with Crippen molar-refractivity contribution in [1.29, 1.82) is 0 Å². The van der Waals surface area contributed by atoms with Crippen molar-refractivity contribution in [3.8, 4) is 5.75 Å². The number of rotatable bonds is 3. The van der Waals surface area contributed by atoms with Crippen LogP contribution in [0.3, 0.4) is 0 Å². The summed E-state index contributed by atoms with van der Waals surface area (Å²) in [5.41, 5.74) is 0.653. The van der Waals surface area contributed by atoms with Crippen LogP contribution < -0.4 is 0 Å². The Hall–Kier alpha value is -2.04. The zero-order chi connectivity index (χ0) is 12.1. The SMILES string of the molecule is COC(=O)c1ccc(O)c(COC(C)=O)c1. The van der Waals surface area contributed by atoms with E-state index < -0.39 is 11.9 Å². The van der Waals surface area contributed by atoms with E-state index in [0.717, 1.165) is 0 Å². The molecule has 0 unspecified atom stereocenters. The molecule has 16 heavy (non-hydrogen) atoms. The summed E-state index contributed by atoms with van der Waals surface area (Å²) in [6.07, 6.45) is 0. The van der Waals surface area contributed by atoms with Gasteiger partial charge in [0.25, 0.3) is 0 Å².